The van der Waals surface area contributed by atoms with Crippen LogP contribution in [0, 0.1) is 13.8 Å². The number of aryl methyl sites for hydroxylation is 2. The summed E-state index contributed by atoms with van der Waals surface area (Å²) in [6, 6.07) is 1.95. The smallest absolute Gasteiger partial charge is 0.376 e. The number of H-pyrrole nitrogens is 1. The van der Waals surface area contributed by atoms with Gasteiger partial charge in [-0.15, -0.1) is 0 Å². The van der Waals surface area contributed by atoms with Crippen molar-refractivity contribution in [1.29, 1.82) is 0 Å². The summed E-state index contributed by atoms with van der Waals surface area (Å²) >= 11 is 0. The molecule has 0 unspecified atom stereocenters. The van der Waals surface area contributed by atoms with Gasteiger partial charge >= 0.3 is 5.97 Å². The van der Waals surface area contributed by atoms with Gasteiger partial charge in [-0.25, -0.2) is 14.8 Å². The maximum absolute atomic E-state index is 11.6. The Hall–Kier alpha value is -3.29. The average molecular weight is 323 g/mol. The van der Waals surface area contributed by atoms with Crippen molar-refractivity contribution in [2.45, 2.75) is 13.8 Å². The molecule has 4 aromatic rings. The van der Waals surface area contributed by atoms with E-state index < -0.39 is 5.97 Å². The number of carbonyl (C=O) groups is 1. The summed E-state index contributed by atoms with van der Waals surface area (Å²) in [7, 11) is 1.29. The summed E-state index contributed by atoms with van der Waals surface area (Å²) in [5, 5.41) is 4.71. The van der Waals surface area contributed by atoms with Crippen LogP contribution in [0.3, 0.4) is 0 Å². The molecule has 4 heterocycles. The molecule has 8 heteroatoms. The molecule has 0 atom stereocenters. The van der Waals surface area contributed by atoms with Crippen LogP contribution in [-0.4, -0.2) is 38.2 Å². The predicted octanol–water partition coefficient (Wildman–Crippen LogP) is 2.56. The SMILES string of the molecule is COC(=O)c1ncc2c(n1)[nH]c1cc(-c3c(C)noc3C)cnc12. The van der Waals surface area contributed by atoms with Gasteiger partial charge in [0.15, 0.2) is 0 Å². The Bertz CT molecular complexity index is 1080. The van der Waals surface area contributed by atoms with Crippen LogP contribution >= 0.6 is 0 Å². The molecule has 0 aliphatic heterocycles. The van der Waals surface area contributed by atoms with Gasteiger partial charge in [0.05, 0.1) is 29.2 Å². The zero-order chi connectivity index (χ0) is 16.8. The van der Waals surface area contributed by atoms with Crippen molar-refractivity contribution in [3.05, 3.63) is 35.7 Å². The zero-order valence-electron chi connectivity index (χ0n) is 13.2. The first-order valence-corrected chi connectivity index (χ1v) is 7.24. The van der Waals surface area contributed by atoms with Gasteiger partial charge in [0.25, 0.3) is 0 Å². The highest BCUT2D eigenvalue weighted by atomic mass is 16.5. The van der Waals surface area contributed by atoms with Gasteiger partial charge in [0.1, 0.15) is 11.4 Å². The molecule has 120 valence electrons. The lowest BCUT2D eigenvalue weighted by molar-refractivity contribution is 0.0587. The van der Waals surface area contributed by atoms with Crippen molar-refractivity contribution < 1.29 is 14.1 Å². The van der Waals surface area contributed by atoms with Crippen molar-refractivity contribution in [2.24, 2.45) is 0 Å². The highest BCUT2D eigenvalue weighted by Gasteiger charge is 2.16. The number of fused-ring (bicyclic) bond motifs is 3. The van der Waals surface area contributed by atoms with Gasteiger partial charge in [-0.2, -0.15) is 0 Å². The van der Waals surface area contributed by atoms with Gasteiger partial charge in [-0.05, 0) is 19.9 Å². The van der Waals surface area contributed by atoms with Gasteiger partial charge in [0, 0.05) is 23.5 Å². The number of esters is 1. The predicted molar refractivity (Wildman–Crippen MR) is 85.5 cm³/mol. The third kappa shape index (κ3) is 2.03. The van der Waals surface area contributed by atoms with Crippen LogP contribution in [0.25, 0.3) is 33.2 Å². The van der Waals surface area contributed by atoms with E-state index in [4.69, 9.17) is 4.52 Å². The molecule has 0 saturated heterocycles. The molecule has 4 aromatic heterocycles. The molecule has 0 bridgehead atoms. The first-order valence-electron chi connectivity index (χ1n) is 7.24. The van der Waals surface area contributed by atoms with Crippen LogP contribution in [0.2, 0.25) is 0 Å². The van der Waals surface area contributed by atoms with E-state index in [0.29, 0.717) is 5.65 Å². The van der Waals surface area contributed by atoms with E-state index in [0.717, 1.165) is 39.0 Å². The monoisotopic (exact) mass is 323 g/mol. The minimum absolute atomic E-state index is 0.00232. The molecule has 0 aliphatic rings. The van der Waals surface area contributed by atoms with Crippen molar-refractivity contribution in [1.82, 2.24) is 25.1 Å². The molecular formula is C16H13N5O3. The van der Waals surface area contributed by atoms with E-state index in [1.165, 1.54) is 7.11 Å². The number of nitrogens with zero attached hydrogens (tertiary/aromatic N) is 4. The molecule has 24 heavy (non-hydrogen) atoms. The largest absolute Gasteiger partial charge is 0.463 e. The second-order valence-electron chi connectivity index (χ2n) is 5.39. The Morgan fingerprint density at radius 1 is 1.25 bits per heavy atom. The van der Waals surface area contributed by atoms with Crippen molar-refractivity contribution in [2.75, 3.05) is 7.11 Å². The molecule has 0 radical (unpaired) electrons. The summed E-state index contributed by atoms with van der Waals surface area (Å²) in [5.41, 5.74) is 4.67. The van der Waals surface area contributed by atoms with Crippen LogP contribution in [0.1, 0.15) is 22.1 Å². The number of hydrogen-bond donors (Lipinski definition) is 1. The normalized spacial score (nSPS) is 11.3. The first kappa shape index (κ1) is 14.3. The molecule has 0 saturated carbocycles. The van der Waals surface area contributed by atoms with Gasteiger partial charge in [0.2, 0.25) is 5.82 Å². The fraction of sp³-hybridized carbons (Fsp3) is 0.188. The first-order chi connectivity index (χ1) is 11.6. The average Bonchev–Trinajstić information content (AvgIpc) is 3.12. The van der Waals surface area contributed by atoms with Crippen LogP contribution < -0.4 is 0 Å². The van der Waals surface area contributed by atoms with E-state index >= 15 is 0 Å². The number of ether oxygens (including phenoxy) is 1. The highest BCUT2D eigenvalue weighted by molar-refractivity contribution is 6.04. The Kier molecular flexibility index (Phi) is 3.05. The Balaban J connectivity index is 1.91. The van der Waals surface area contributed by atoms with Crippen molar-refractivity contribution in [3.8, 4) is 11.1 Å². The number of carbonyl (C=O) groups excluding carboxylic acids is 1. The zero-order valence-corrected chi connectivity index (χ0v) is 13.2. The molecular weight excluding hydrogens is 310 g/mol. The fourth-order valence-electron chi connectivity index (χ4n) is 2.77. The molecule has 1 N–H and O–H groups in total. The van der Waals surface area contributed by atoms with Gasteiger partial charge < -0.3 is 14.2 Å². The second-order valence-corrected chi connectivity index (χ2v) is 5.39. The maximum Gasteiger partial charge on any atom is 0.376 e. The standard InChI is InChI=1S/C16H13N5O3/c1-7-12(8(2)24-21-7)9-4-11-13(17-5-9)10-6-18-15(16(22)23-3)20-14(10)19-11/h4-6H,1-3H3,(H,18,19,20). The molecule has 8 nitrogen and oxygen atoms in total. The van der Waals surface area contributed by atoms with Gasteiger partial charge in [-0.1, -0.05) is 5.16 Å². The maximum atomic E-state index is 11.6. The summed E-state index contributed by atoms with van der Waals surface area (Å²) in [6.45, 7) is 3.74. The van der Waals surface area contributed by atoms with E-state index in [1.54, 1.807) is 12.4 Å². The number of aromatic nitrogens is 5. The Morgan fingerprint density at radius 2 is 2.08 bits per heavy atom. The van der Waals surface area contributed by atoms with E-state index in [2.05, 4.69) is 29.8 Å². The summed E-state index contributed by atoms with van der Waals surface area (Å²) in [6.07, 6.45) is 3.33. The lowest BCUT2D eigenvalue weighted by Gasteiger charge is -2.00. The van der Waals surface area contributed by atoms with Crippen molar-refractivity contribution >= 4 is 28.0 Å². The summed E-state index contributed by atoms with van der Waals surface area (Å²) in [4.78, 5) is 27.5. The van der Waals surface area contributed by atoms with Crippen LogP contribution in [-0.2, 0) is 4.74 Å². The topological polar surface area (TPSA) is 107 Å². The molecule has 0 aliphatic carbocycles. The number of rotatable bonds is 2. The fourth-order valence-corrected chi connectivity index (χ4v) is 2.77. The third-order valence-electron chi connectivity index (χ3n) is 3.87. The molecule has 0 spiro atoms. The second kappa shape index (κ2) is 5.12. The Labute approximate surface area is 135 Å². The minimum Gasteiger partial charge on any atom is -0.463 e. The molecule has 4 rings (SSSR count). The minimum atomic E-state index is -0.583. The van der Waals surface area contributed by atoms with E-state index in [-0.39, 0.29) is 5.82 Å². The van der Waals surface area contributed by atoms with E-state index in [1.807, 2.05) is 19.9 Å². The number of hydrogen-bond acceptors (Lipinski definition) is 7. The molecule has 0 amide bonds. The quantitative estimate of drug-likeness (QED) is 0.565. The van der Waals surface area contributed by atoms with Crippen LogP contribution in [0.5, 0.6) is 0 Å². The summed E-state index contributed by atoms with van der Waals surface area (Å²) < 4.78 is 9.86. The number of pyridine rings is 1. The highest BCUT2D eigenvalue weighted by Crippen LogP contribution is 2.30. The lowest BCUT2D eigenvalue weighted by Crippen LogP contribution is -2.06. The summed E-state index contributed by atoms with van der Waals surface area (Å²) in [5.74, 6) is 0.153. The number of nitrogens with one attached hydrogen (secondary N) is 1. The molecule has 0 fully saturated rings. The van der Waals surface area contributed by atoms with E-state index in [9.17, 15) is 4.79 Å². The number of aromatic amines is 1. The molecule has 0 aromatic carbocycles. The Morgan fingerprint density at radius 3 is 2.79 bits per heavy atom. The van der Waals surface area contributed by atoms with Gasteiger partial charge in [-0.3, -0.25) is 4.98 Å². The van der Waals surface area contributed by atoms with Crippen LogP contribution in [0.15, 0.2) is 23.0 Å². The number of methoxy groups -OCH3 is 1. The van der Waals surface area contributed by atoms with Crippen molar-refractivity contribution in [3.63, 3.8) is 0 Å². The van der Waals surface area contributed by atoms with Crippen LogP contribution in [0.4, 0.5) is 0 Å². The lowest BCUT2D eigenvalue weighted by atomic mass is 10.1. The third-order valence-corrected chi connectivity index (χ3v) is 3.87.